The van der Waals surface area contributed by atoms with Gasteiger partial charge in [-0.25, -0.2) is 4.99 Å². The SMILES string of the molecule is CCc1nncn1CCNC(=NCc1ccccc1)NC(C)CCC(C)C.I. The zero-order valence-corrected chi connectivity index (χ0v) is 19.9. The molecule has 2 aromatic rings. The van der Waals surface area contributed by atoms with Gasteiger partial charge in [-0.3, -0.25) is 0 Å². The molecule has 0 bridgehead atoms. The van der Waals surface area contributed by atoms with Crippen molar-refractivity contribution >= 4 is 29.9 Å². The molecular weight excluding hydrogens is 463 g/mol. The van der Waals surface area contributed by atoms with Gasteiger partial charge in [0, 0.05) is 25.6 Å². The Hall–Kier alpha value is -1.64. The van der Waals surface area contributed by atoms with E-state index < -0.39 is 0 Å². The minimum Gasteiger partial charge on any atom is -0.355 e. The van der Waals surface area contributed by atoms with Crippen molar-refractivity contribution in [2.24, 2.45) is 10.9 Å². The van der Waals surface area contributed by atoms with Gasteiger partial charge in [0.05, 0.1) is 6.54 Å². The Morgan fingerprint density at radius 3 is 2.57 bits per heavy atom. The van der Waals surface area contributed by atoms with Gasteiger partial charge in [-0.2, -0.15) is 0 Å². The Balaban J connectivity index is 0.00000392. The quantitative estimate of drug-likeness (QED) is 0.295. The van der Waals surface area contributed by atoms with E-state index in [1.807, 2.05) is 6.07 Å². The van der Waals surface area contributed by atoms with E-state index in [1.165, 1.54) is 12.0 Å². The average molecular weight is 498 g/mol. The number of hydrogen-bond acceptors (Lipinski definition) is 3. The summed E-state index contributed by atoms with van der Waals surface area (Å²) in [4.78, 5) is 4.78. The molecule has 1 aromatic carbocycles. The third kappa shape index (κ3) is 9.03. The lowest BCUT2D eigenvalue weighted by molar-refractivity contribution is 0.487. The summed E-state index contributed by atoms with van der Waals surface area (Å²) in [5, 5.41) is 15.1. The number of benzene rings is 1. The van der Waals surface area contributed by atoms with Gasteiger partial charge in [-0.05, 0) is 31.2 Å². The molecule has 6 nitrogen and oxygen atoms in total. The third-order valence-electron chi connectivity index (χ3n) is 4.48. The standard InChI is InChI=1S/C21H34N6.HI/c1-5-20-26-24-16-27(20)14-13-22-21(25-18(4)12-11-17(2)3)23-15-19-9-7-6-8-10-19;/h6-10,16-18H,5,11-15H2,1-4H3,(H2,22,23,25);1H. The van der Waals surface area contributed by atoms with Crippen molar-refractivity contribution < 1.29 is 0 Å². The maximum Gasteiger partial charge on any atom is 0.191 e. The van der Waals surface area contributed by atoms with E-state index in [9.17, 15) is 0 Å². The number of rotatable bonds is 10. The molecule has 0 amide bonds. The van der Waals surface area contributed by atoms with E-state index in [1.54, 1.807) is 6.33 Å². The van der Waals surface area contributed by atoms with Crippen LogP contribution in [0, 0.1) is 5.92 Å². The predicted molar refractivity (Wildman–Crippen MR) is 127 cm³/mol. The molecule has 2 N–H and O–H groups in total. The van der Waals surface area contributed by atoms with Crippen LogP contribution in [0.15, 0.2) is 41.7 Å². The van der Waals surface area contributed by atoms with Crippen LogP contribution in [0.25, 0.3) is 0 Å². The van der Waals surface area contributed by atoms with Crippen LogP contribution in [-0.4, -0.2) is 33.3 Å². The van der Waals surface area contributed by atoms with Gasteiger partial charge in [-0.15, -0.1) is 34.2 Å². The average Bonchev–Trinajstić information content (AvgIpc) is 3.12. The molecule has 0 aliphatic heterocycles. The molecule has 0 spiro atoms. The number of aromatic nitrogens is 3. The van der Waals surface area contributed by atoms with E-state index in [2.05, 4.69) is 77.4 Å². The van der Waals surface area contributed by atoms with Gasteiger partial charge in [-0.1, -0.05) is 51.1 Å². The highest BCUT2D eigenvalue weighted by molar-refractivity contribution is 14.0. The van der Waals surface area contributed by atoms with Crippen LogP contribution >= 0.6 is 24.0 Å². The minimum absolute atomic E-state index is 0. The molecule has 0 saturated carbocycles. The number of hydrogen-bond donors (Lipinski definition) is 2. The molecule has 0 aliphatic carbocycles. The molecule has 7 heteroatoms. The van der Waals surface area contributed by atoms with Gasteiger partial charge in [0.2, 0.25) is 0 Å². The Morgan fingerprint density at radius 2 is 1.89 bits per heavy atom. The number of halogens is 1. The largest absolute Gasteiger partial charge is 0.355 e. The van der Waals surface area contributed by atoms with Gasteiger partial charge in [0.15, 0.2) is 5.96 Å². The van der Waals surface area contributed by atoms with Crippen molar-refractivity contribution in [1.82, 2.24) is 25.4 Å². The second-order valence-corrected chi connectivity index (χ2v) is 7.39. The molecule has 156 valence electrons. The van der Waals surface area contributed by atoms with Crippen LogP contribution in [0.4, 0.5) is 0 Å². The van der Waals surface area contributed by atoms with E-state index in [0.29, 0.717) is 18.5 Å². The fourth-order valence-electron chi connectivity index (χ4n) is 2.83. The Labute approximate surface area is 186 Å². The number of aryl methyl sites for hydroxylation is 1. The molecular formula is C21H35IN6. The molecule has 1 atom stereocenters. The first kappa shape index (κ1) is 24.4. The zero-order chi connectivity index (χ0) is 19.5. The Kier molecular flexibility index (Phi) is 11.8. The summed E-state index contributed by atoms with van der Waals surface area (Å²) in [7, 11) is 0. The van der Waals surface area contributed by atoms with Crippen molar-refractivity contribution in [1.29, 1.82) is 0 Å². The topological polar surface area (TPSA) is 67.1 Å². The van der Waals surface area contributed by atoms with E-state index in [0.717, 1.165) is 37.7 Å². The van der Waals surface area contributed by atoms with E-state index in [-0.39, 0.29) is 24.0 Å². The normalized spacial score (nSPS) is 12.5. The maximum absolute atomic E-state index is 4.78. The summed E-state index contributed by atoms with van der Waals surface area (Å²) < 4.78 is 2.09. The van der Waals surface area contributed by atoms with Crippen LogP contribution in [0.5, 0.6) is 0 Å². The second kappa shape index (κ2) is 13.5. The molecule has 2 rings (SSSR count). The highest BCUT2D eigenvalue weighted by atomic mass is 127. The molecule has 1 aromatic heterocycles. The Bertz CT molecular complexity index is 683. The van der Waals surface area contributed by atoms with Crippen molar-refractivity contribution in [3.05, 3.63) is 48.0 Å². The third-order valence-corrected chi connectivity index (χ3v) is 4.48. The number of guanidine groups is 1. The first-order valence-electron chi connectivity index (χ1n) is 10.0. The highest BCUT2D eigenvalue weighted by Gasteiger charge is 2.08. The molecule has 28 heavy (non-hydrogen) atoms. The van der Waals surface area contributed by atoms with Crippen molar-refractivity contribution in [2.75, 3.05) is 6.54 Å². The molecule has 0 saturated heterocycles. The fourth-order valence-corrected chi connectivity index (χ4v) is 2.83. The number of aliphatic imine (C=N–C) groups is 1. The number of nitrogens with zero attached hydrogens (tertiary/aromatic N) is 4. The summed E-state index contributed by atoms with van der Waals surface area (Å²) in [6.45, 7) is 11.1. The molecule has 1 unspecified atom stereocenters. The molecule has 1 heterocycles. The minimum atomic E-state index is 0. The van der Waals surface area contributed by atoms with Crippen LogP contribution in [-0.2, 0) is 19.5 Å². The van der Waals surface area contributed by atoms with Crippen LogP contribution < -0.4 is 10.6 Å². The van der Waals surface area contributed by atoms with Crippen molar-refractivity contribution in [3.63, 3.8) is 0 Å². The zero-order valence-electron chi connectivity index (χ0n) is 17.6. The van der Waals surface area contributed by atoms with Gasteiger partial charge in [0.25, 0.3) is 0 Å². The van der Waals surface area contributed by atoms with Crippen molar-refractivity contribution in [2.45, 2.75) is 66.1 Å². The lowest BCUT2D eigenvalue weighted by Gasteiger charge is -2.19. The second-order valence-electron chi connectivity index (χ2n) is 7.39. The van der Waals surface area contributed by atoms with Gasteiger partial charge >= 0.3 is 0 Å². The van der Waals surface area contributed by atoms with Crippen LogP contribution in [0.3, 0.4) is 0 Å². The lowest BCUT2D eigenvalue weighted by Crippen LogP contribution is -2.43. The van der Waals surface area contributed by atoms with E-state index in [4.69, 9.17) is 4.99 Å². The molecule has 0 aliphatic rings. The first-order chi connectivity index (χ1) is 13.1. The summed E-state index contributed by atoms with van der Waals surface area (Å²) in [6, 6.07) is 10.7. The summed E-state index contributed by atoms with van der Waals surface area (Å²) in [5.41, 5.74) is 1.21. The number of nitrogens with one attached hydrogen (secondary N) is 2. The first-order valence-corrected chi connectivity index (χ1v) is 10.0. The Morgan fingerprint density at radius 1 is 1.14 bits per heavy atom. The fraction of sp³-hybridized carbons (Fsp3) is 0.571. The highest BCUT2D eigenvalue weighted by Crippen LogP contribution is 2.06. The molecule has 0 radical (unpaired) electrons. The van der Waals surface area contributed by atoms with Crippen LogP contribution in [0.1, 0.15) is 51.9 Å². The van der Waals surface area contributed by atoms with Crippen LogP contribution in [0.2, 0.25) is 0 Å². The van der Waals surface area contributed by atoms with Gasteiger partial charge in [0.1, 0.15) is 12.2 Å². The summed E-state index contributed by atoms with van der Waals surface area (Å²) in [6.07, 6.45) is 5.02. The smallest absolute Gasteiger partial charge is 0.191 e. The van der Waals surface area contributed by atoms with E-state index >= 15 is 0 Å². The lowest BCUT2D eigenvalue weighted by atomic mass is 10.0. The molecule has 0 fully saturated rings. The van der Waals surface area contributed by atoms with Crippen molar-refractivity contribution in [3.8, 4) is 0 Å². The summed E-state index contributed by atoms with van der Waals surface area (Å²) >= 11 is 0. The van der Waals surface area contributed by atoms with Gasteiger partial charge < -0.3 is 15.2 Å². The maximum atomic E-state index is 4.78. The predicted octanol–water partition coefficient (Wildman–Crippen LogP) is 4.02. The monoisotopic (exact) mass is 498 g/mol. The summed E-state index contributed by atoms with van der Waals surface area (Å²) in [5.74, 6) is 2.59.